The van der Waals surface area contributed by atoms with E-state index in [0.29, 0.717) is 0 Å². The minimum Gasteiger partial charge on any atom is -0.0622 e. The molecule has 13 aromatic carbocycles. The fourth-order valence-electron chi connectivity index (χ4n) is 14.7. The lowest BCUT2D eigenvalue weighted by Crippen LogP contribution is -2.25. The van der Waals surface area contributed by atoms with Crippen LogP contribution in [0.15, 0.2) is 309 Å². The van der Waals surface area contributed by atoms with Crippen molar-refractivity contribution in [3.8, 4) is 77.9 Å². The normalized spacial score (nSPS) is 14.2. The van der Waals surface area contributed by atoms with Crippen molar-refractivity contribution >= 4 is 0 Å². The maximum atomic E-state index is 2.53. The third-order valence-electron chi connectivity index (χ3n) is 18.5. The first kappa shape index (κ1) is 48.7. The Labute approximate surface area is 487 Å². The molecule has 0 saturated carbocycles. The van der Waals surface area contributed by atoms with Crippen LogP contribution in [0, 0.1) is 6.92 Å². The van der Waals surface area contributed by atoms with E-state index < -0.39 is 0 Å². The van der Waals surface area contributed by atoms with Gasteiger partial charge in [-0.3, -0.25) is 0 Å². The van der Waals surface area contributed by atoms with E-state index in [1.165, 1.54) is 150 Å². The lowest BCUT2D eigenvalue weighted by molar-refractivity contribution is 0.794. The van der Waals surface area contributed by atoms with Crippen LogP contribution >= 0.6 is 0 Å². The highest BCUT2D eigenvalue weighted by molar-refractivity contribution is 5.96. The molecule has 390 valence electrons. The summed E-state index contributed by atoms with van der Waals surface area (Å²) in [6, 6.07) is 115. The Balaban J connectivity index is 0.000000384. The fraction of sp³-hybridized carbons (Fsp3) is 0.0602. The molecule has 0 aromatic heterocycles. The lowest BCUT2D eigenvalue weighted by Gasteiger charge is -2.30. The second kappa shape index (κ2) is 19.8. The molecule has 0 radical (unpaired) electrons. The van der Waals surface area contributed by atoms with Gasteiger partial charge in [0.2, 0.25) is 0 Å². The number of hydrogen-bond donors (Lipinski definition) is 0. The molecule has 0 heteroatoms. The minimum atomic E-state index is -0.324. The van der Waals surface area contributed by atoms with E-state index in [1.54, 1.807) is 0 Å². The van der Waals surface area contributed by atoms with Crippen molar-refractivity contribution in [3.63, 3.8) is 0 Å². The van der Waals surface area contributed by atoms with E-state index in [2.05, 4.69) is 310 Å². The van der Waals surface area contributed by atoms with Gasteiger partial charge < -0.3 is 0 Å². The van der Waals surface area contributed by atoms with E-state index in [-0.39, 0.29) is 17.3 Å². The second-order valence-corrected chi connectivity index (χ2v) is 23.0. The van der Waals surface area contributed by atoms with Crippen molar-refractivity contribution in [1.29, 1.82) is 0 Å². The van der Waals surface area contributed by atoms with Crippen molar-refractivity contribution < 1.29 is 0 Å². The highest BCUT2D eigenvalue weighted by atomic mass is 14.5. The number of fused-ring (bicyclic) bond motifs is 16. The molecule has 0 fully saturated rings. The third-order valence-corrected chi connectivity index (χ3v) is 18.5. The summed E-state index contributed by atoms with van der Waals surface area (Å²) in [7, 11) is 0. The highest BCUT2D eigenvalue weighted by Gasteiger charge is 2.51. The first-order valence-electron chi connectivity index (χ1n) is 29.3. The van der Waals surface area contributed by atoms with Gasteiger partial charge in [-0.2, -0.15) is 0 Å². The number of aryl methyl sites for hydroxylation is 1. The average Bonchev–Trinajstić information content (AvgIpc) is 3.07. The van der Waals surface area contributed by atoms with Crippen LogP contribution in [0.1, 0.15) is 84.2 Å². The minimum absolute atomic E-state index is 0.0991. The molecule has 2 atom stereocenters. The van der Waals surface area contributed by atoms with Crippen molar-refractivity contribution in [2.24, 2.45) is 0 Å². The summed E-state index contributed by atoms with van der Waals surface area (Å²) in [6.07, 6.45) is 0.924. The van der Waals surface area contributed by atoms with E-state index in [0.717, 1.165) is 6.42 Å². The van der Waals surface area contributed by atoms with Crippen molar-refractivity contribution in [2.45, 2.75) is 30.6 Å². The van der Waals surface area contributed by atoms with Crippen LogP contribution in [-0.2, 0) is 11.8 Å². The molecule has 83 heavy (non-hydrogen) atoms. The zero-order valence-electron chi connectivity index (χ0n) is 46.3. The van der Waals surface area contributed by atoms with E-state index in [4.69, 9.17) is 0 Å². The summed E-state index contributed by atoms with van der Waals surface area (Å²) in [4.78, 5) is 0. The quantitative estimate of drug-likeness (QED) is 0.140. The van der Waals surface area contributed by atoms with Crippen LogP contribution in [0.4, 0.5) is 0 Å². The smallest absolute Gasteiger partial charge is 0.0622 e. The van der Waals surface area contributed by atoms with Crippen LogP contribution in [0.25, 0.3) is 77.9 Å². The molecule has 4 aliphatic rings. The Morgan fingerprint density at radius 3 is 1.34 bits per heavy atom. The molecule has 0 nitrogen and oxygen atoms in total. The average molecular weight is 1060 g/mol. The maximum Gasteiger partial charge on any atom is 0.0725 e. The molecule has 1 spiro atoms. The standard InChI is InChI=1S/C70H46.C13H12/c1-3-15-44(16-4-1)45-27-29-47(30-28-45)68(46-17-5-2-6-18-46)51-33-37-57-56-19-7-8-23-61(56)69(63(57)43-51)50-32-36-55-53(40-50)41-52-39-48(31-35-54(52)55)49-34-38-67-62(42-49)60-22-11-14-26-66(60)70(67)64-24-12-9-20-58(64)59-21-10-13-25-65(59)70;1-11-7-9-13(10-8-11)12-5-3-2-4-6-12/h1-40,42-43,68-69H,41H2;2-10H,1H3. The van der Waals surface area contributed by atoms with Crippen LogP contribution in [0.2, 0.25) is 0 Å². The Bertz CT molecular complexity index is 4580. The Hall–Kier alpha value is -10.1. The van der Waals surface area contributed by atoms with E-state index in [1.807, 2.05) is 6.07 Å². The molecule has 4 aliphatic carbocycles. The van der Waals surface area contributed by atoms with Gasteiger partial charge in [-0.15, -0.1) is 0 Å². The van der Waals surface area contributed by atoms with Gasteiger partial charge >= 0.3 is 0 Å². The Kier molecular flexibility index (Phi) is 11.7. The first-order valence-corrected chi connectivity index (χ1v) is 29.3. The molecular formula is C83H58. The van der Waals surface area contributed by atoms with Gasteiger partial charge in [0.15, 0.2) is 0 Å². The number of benzene rings is 13. The van der Waals surface area contributed by atoms with Gasteiger partial charge in [-0.1, -0.05) is 309 Å². The summed E-state index contributed by atoms with van der Waals surface area (Å²) >= 11 is 0. The summed E-state index contributed by atoms with van der Waals surface area (Å²) < 4.78 is 0. The SMILES string of the molecule is Cc1ccc(-c2ccccc2)cc1.c1ccc(-c2ccc(C(c3ccccc3)c3ccc4c(c3)C(c3ccc5c(c3)Cc3cc(-c6ccc7c(c6)-c6ccccc6C76c7ccccc7-c7ccccc76)ccc3-5)c3ccccc3-4)cc2)cc1. The molecular weight excluding hydrogens is 997 g/mol. The van der Waals surface area contributed by atoms with Crippen molar-refractivity contribution in [3.05, 3.63) is 382 Å². The van der Waals surface area contributed by atoms with Gasteiger partial charge in [-0.25, -0.2) is 0 Å². The Morgan fingerprint density at radius 1 is 0.277 bits per heavy atom. The van der Waals surface area contributed by atoms with Crippen molar-refractivity contribution in [2.75, 3.05) is 0 Å². The molecule has 0 heterocycles. The Morgan fingerprint density at radius 2 is 0.699 bits per heavy atom. The lowest BCUT2D eigenvalue weighted by atomic mass is 9.70. The number of hydrogen-bond acceptors (Lipinski definition) is 0. The topological polar surface area (TPSA) is 0 Å². The predicted octanol–water partition coefficient (Wildman–Crippen LogP) is 20.9. The monoisotopic (exact) mass is 1050 g/mol. The molecule has 0 aliphatic heterocycles. The highest BCUT2D eigenvalue weighted by Crippen LogP contribution is 2.63. The molecule has 2 unspecified atom stereocenters. The van der Waals surface area contributed by atoms with Gasteiger partial charge in [0.05, 0.1) is 5.41 Å². The molecule has 0 N–H and O–H groups in total. The zero-order valence-corrected chi connectivity index (χ0v) is 46.3. The maximum absolute atomic E-state index is 2.53. The summed E-state index contributed by atoms with van der Waals surface area (Å²) in [5.74, 6) is 0.242. The van der Waals surface area contributed by atoms with Gasteiger partial charge in [0, 0.05) is 11.8 Å². The second-order valence-electron chi connectivity index (χ2n) is 23.0. The summed E-state index contributed by atoms with van der Waals surface area (Å²) in [6.45, 7) is 2.11. The van der Waals surface area contributed by atoms with Gasteiger partial charge in [-0.05, 0) is 164 Å². The largest absolute Gasteiger partial charge is 0.0725 e. The van der Waals surface area contributed by atoms with Crippen LogP contribution in [-0.4, -0.2) is 0 Å². The molecule has 0 bridgehead atoms. The van der Waals surface area contributed by atoms with E-state index >= 15 is 0 Å². The van der Waals surface area contributed by atoms with Gasteiger partial charge in [0.1, 0.15) is 0 Å². The van der Waals surface area contributed by atoms with Crippen LogP contribution in [0.5, 0.6) is 0 Å². The van der Waals surface area contributed by atoms with Crippen LogP contribution < -0.4 is 0 Å². The molecule has 0 saturated heterocycles. The first-order chi connectivity index (χ1) is 41.1. The fourth-order valence-corrected chi connectivity index (χ4v) is 14.7. The predicted molar refractivity (Wildman–Crippen MR) is 345 cm³/mol. The number of rotatable bonds is 7. The van der Waals surface area contributed by atoms with Gasteiger partial charge in [0.25, 0.3) is 0 Å². The third kappa shape index (κ3) is 7.96. The zero-order chi connectivity index (χ0) is 55.0. The van der Waals surface area contributed by atoms with E-state index in [9.17, 15) is 0 Å². The molecule has 17 rings (SSSR count). The molecule has 0 amide bonds. The summed E-state index contributed by atoms with van der Waals surface area (Å²) in [5.41, 5.74) is 35.7. The summed E-state index contributed by atoms with van der Waals surface area (Å²) in [5, 5.41) is 0. The van der Waals surface area contributed by atoms with Crippen molar-refractivity contribution in [1.82, 2.24) is 0 Å². The molecule has 13 aromatic rings. The van der Waals surface area contributed by atoms with Crippen LogP contribution in [0.3, 0.4) is 0 Å².